The van der Waals surface area contributed by atoms with Gasteiger partial charge in [0, 0.05) is 18.2 Å². The summed E-state index contributed by atoms with van der Waals surface area (Å²) >= 11 is 0. The summed E-state index contributed by atoms with van der Waals surface area (Å²) in [5, 5.41) is 13.7. The zero-order valence-electron chi connectivity index (χ0n) is 13.9. The minimum atomic E-state index is -0.545. The molecule has 7 nitrogen and oxygen atoms in total. The molecule has 0 aromatic carbocycles. The van der Waals surface area contributed by atoms with E-state index < -0.39 is 11.0 Å². The van der Waals surface area contributed by atoms with E-state index in [-0.39, 0.29) is 29.7 Å². The maximum Gasteiger partial charge on any atom is 0.287 e. The van der Waals surface area contributed by atoms with E-state index in [1.54, 1.807) is 0 Å². The second-order valence-corrected chi connectivity index (χ2v) is 6.09. The molecule has 0 fully saturated rings. The molecular weight excluding hydrogens is 298 g/mol. The Morgan fingerprint density at radius 2 is 1.83 bits per heavy atom. The lowest BCUT2D eigenvalue weighted by Crippen LogP contribution is -2.47. The molecule has 126 valence electrons. The highest BCUT2D eigenvalue weighted by molar-refractivity contribution is 5.85. The molecule has 0 amide bonds. The van der Waals surface area contributed by atoms with Gasteiger partial charge in [0.1, 0.15) is 17.8 Å². The molecule has 1 aromatic heterocycles. The average Bonchev–Trinajstić information content (AvgIpc) is 2.45. The molecule has 23 heavy (non-hydrogen) atoms. The maximum absolute atomic E-state index is 11.9. The lowest BCUT2D eigenvalue weighted by Gasteiger charge is -2.23. The first-order valence-corrected chi connectivity index (χ1v) is 7.57. The molecule has 0 spiro atoms. The van der Waals surface area contributed by atoms with Gasteiger partial charge in [0.25, 0.3) is 5.69 Å². The van der Waals surface area contributed by atoms with Gasteiger partial charge in [-0.05, 0) is 32.3 Å². The van der Waals surface area contributed by atoms with E-state index in [9.17, 15) is 19.7 Å². The number of nitro groups is 1. The third-order valence-electron chi connectivity index (χ3n) is 3.52. The van der Waals surface area contributed by atoms with Crippen LogP contribution in [-0.2, 0) is 16.0 Å². The van der Waals surface area contributed by atoms with Gasteiger partial charge in [-0.2, -0.15) is 0 Å². The van der Waals surface area contributed by atoms with Gasteiger partial charge in [0.2, 0.25) is 0 Å². The number of ketones is 2. The van der Waals surface area contributed by atoms with E-state index in [1.165, 1.54) is 32.2 Å². The maximum atomic E-state index is 11.9. The summed E-state index contributed by atoms with van der Waals surface area (Å²) < 4.78 is 0. The summed E-state index contributed by atoms with van der Waals surface area (Å²) in [4.78, 5) is 37.7. The van der Waals surface area contributed by atoms with Crippen LogP contribution in [0.15, 0.2) is 18.3 Å². The average molecular weight is 321 g/mol. The molecule has 0 aliphatic carbocycles. The number of aromatic nitrogens is 1. The van der Waals surface area contributed by atoms with E-state index in [0.29, 0.717) is 18.0 Å². The van der Waals surface area contributed by atoms with E-state index in [0.717, 1.165) is 0 Å². The van der Waals surface area contributed by atoms with Crippen molar-refractivity contribution in [1.82, 2.24) is 10.3 Å². The fraction of sp³-hybridized carbons (Fsp3) is 0.562. The quantitative estimate of drug-likeness (QED) is 0.552. The molecule has 0 saturated heterocycles. The first-order chi connectivity index (χ1) is 10.7. The number of nitrogens with one attached hydrogen (secondary N) is 1. The summed E-state index contributed by atoms with van der Waals surface area (Å²) in [6, 6.07) is 1.95. The van der Waals surface area contributed by atoms with Crippen molar-refractivity contribution in [2.24, 2.45) is 5.92 Å². The van der Waals surface area contributed by atoms with Gasteiger partial charge in [-0.1, -0.05) is 13.8 Å². The van der Waals surface area contributed by atoms with Crippen molar-refractivity contribution < 1.29 is 14.5 Å². The van der Waals surface area contributed by atoms with Crippen LogP contribution in [0.25, 0.3) is 0 Å². The number of carbonyl (C=O) groups is 2. The van der Waals surface area contributed by atoms with Crippen molar-refractivity contribution in [3.05, 3.63) is 34.1 Å². The minimum absolute atomic E-state index is 0.0124. The smallest absolute Gasteiger partial charge is 0.287 e. The second kappa shape index (κ2) is 8.47. The van der Waals surface area contributed by atoms with Gasteiger partial charge in [-0.25, -0.2) is 0 Å². The number of carbonyl (C=O) groups excluding carboxylic acids is 2. The zero-order valence-corrected chi connectivity index (χ0v) is 13.9. The molecule has 1 rings (SSSR count). The first kappa shape index (κ1) is 18.9. The summed E-state index contributed by atoms with van der Waals surface area (Å²) in [7, 11) is 0. The second-order valence-electron chi connectivity index (χ2n) is 6.09. The molecule has 0 saturated carbocycles. The van der Waals surface area contributed by atoms with Crippen molar-refractivity contribution in [2.75, 3.05) is 0 Å². The van der Waals surface area contributed by atoms with Crippen molar-refractivity contribution in [2.45, 2.75) is 52.6 Å². The normalized spacial score (nSPS) is 13.6. The van der Waals surface area contributed by atoms with Crippen molar-refractivity contribution >= 4 is 17.3 Å². The Hall–Kier alpha value is -2.15. The number of hydrogen-bond donors (Lipinski definition) is 1. The monoisotopic (exact) mass is 321 g/mol. The molecule has 1 heterocycles. The standard InChI is InChI=1S/C16H23N3O4/c1-10(2)7-15(11(3)20)18-16(12(4)21)8-13-5-6-14(9-17-13)19(22)23/h5-6,9-10,15-16,18H,7-8H2,1-4H3/t15-,16-/m0/s1. The molecule has 7 heteroatoms. The Kier molecular flexibility index (Phi) is 6.96. The van der Waals surface area contributed by atoms with Crippen molar-refractivity contribution in [3.8, 4) is 0 Å². The van der Waals surface area contributed by atoms with Crippen LogP contribution in [0.5, 0.6) is 0 Å². The largest absolute Gasteiger partial charge is 0.298 e. The number of Topliss-reactive ketones (excluding diaryl/α,β-unsaturated/α-hetero) is 2. The highest BCUT2D eigenvalue weighted by Gasteiger charge is 2.23. The van der Waals surface area contributed by atoms with E-state index in [1.807, 2.05) is 13.8 Å². The summed E-state index contributed by atoms with van der Waals surface area (Å²) in [6.07, 6.45) is 2.10. The van der Waals surface area contributed by atoms with Crippen LogP contribution < -0.4 is 5.32 Å². The van der Waals surface area contributed by atoms with Crippen LogP contribution in [0.1, 0.15) is 39.8 Å². The van der Waals surface area contributed by atoms with Crippen molar-refractivity contribution in [3.63, 3.8) is 0 Å². The minimum Gasteiger partial charge on any atom is -0.298 e. The van der Waals surface area contributed by atoms with Crippen LogP contribution in [0, 0.1) is 16.0 Å². The highest BCUT2D eigenvalue weighted by atomic mass is 16.6. The van der Waals surface area contributed by atoms with Crippen LogP contribution in [-0.4, -0.2) is 33.6 Å². The predicted octanol–water partition coefficient (Wildman–Crippen LogP) is 2.08. The number of rotatable bonds is 9. The van der Waals surface area contributed by atoms with Gasteiger partial charge in [0.05, 0.1) is 17.0 Å². The summed E-state index contributed by atoms with van der Waals surface area (Å²) in [6.45, 7) is 6.98. The third kappa shape index (κ3) is 6.23. The van der Waals surface area contributed by atoms with Crippen molar-refractivity contribution in [1.29, 1.82) is 0 Å². The predicted molar refractivity (Wildman–Crippen MR) is 86.1 cm³/mol. The van der Waals surface area contributed by atoms with Gasteiger partial charge in [-0.15, -0.1) is 0 Å². The van der Waals surface area contributed by atoms with Gasteiger partial charge >= 0.3 is 0 Å². The first-order valence-electron chi connectivity index (χ1n) is 7.57. The third-order valence-corrected chi connectivity index (χ3v) is 3.52. The molecule has 2 atom stereocenters. The van der Waals surface area contributed by atoms with Crippen LogP contribution in [0.4, 0.5) is 5.69 Å². The van der Waals surface area contributed by atoms with Gasteiger partial charge in [-0.3, -0.25) is 30.0 Å². The SMILES string of the molecule is CC(=O)[C@H](Cc1ccc([N+](=O)[O-])cn1)N[C@@H](CC(C)C)C(C)=O. The van der Waals surface area contributed by atoms with E-state index >= 15 is 0 Å². The van der Waals surface area contributed by atoms with Gasteiger partial charge in [0.15, 0.2) is 0 Å². The molecule has 1 aromatic rings. The number of nitrogens with zero attached hydrogens (tertiary/aromatic N) is 2. The Labute approximate surface area is 135 Å². The molecule has 0 radical (unpaired) electrons. The number of pyridine rings is 1. The Bertz CT molecular complexity index is 569. The zero-order chi connectivity index (χ0) is 17.6. The summed E-state index contributed by atoms with van der Waals surface area (Å²) in [5.74, 6) is 0.211. The number of hydrogen-bond acceptors (Lipinski definition) is 6. The Balaban J connectivity index is 2.83. The molecule has 0 aliphatic heterocycles. The lowest BCUT2D eigenvalue weighted by molar-refractivity contribution is -0.385. The fourth-order valence-electron chi connectivity index (χ4n) is 2.24. The molecule has 0 bridgehead atoms. The Morgan fingerprint density at radius 1 is 1.22 bits per heavy atom. The summed E-state index contributed by atoms with van der Waals surface area (Å²) in [5.41, 5.74) is 0.470. The molecule has 0 unspecified atom stereocenters. The van der Waals surface area contributed by atoms with E-state index in [2.05, 4.69) is 10.3 Å². The van der Waals surface area contributed by atoms with Crippen LogP contribution in [0.2, 0.25) is 0 Å². The van der Waals surface area contributed by atoms with Crippen LogP contribution in [0.3, 0.4) is 0 Å². The van der Waals surface area contributed by atoms with Gasteiger partial charge < -0.3 is 0 Å². The Morgan fingerprint density at radius 3 is 2.22 bits per heavy atom. The highest BCUT2D eigenvalue weighted by Crippen LogP contribution is 2.12. The lowest BCUT2D eigenvalue weighted by atomic mass is 9.98. The molecule has 1 N–H and O–H groups in total. The van der Waals surface area contributed by atoms with E-state index in [4.69, 9.17) is 0 Å². The fourth-order valence-corrected chi connectivity index (χ4v) is 2.24. The van der Waals surface area contributed by atoms with Crippen LogP contribution >= 0.6 is 0 Å². The molecule has 0 aliphatic rings. The molecular formula is C16H23N3O4. The topological polar surface area (TPSA) is 102 Å².